The smallest absolute Gasteiger partial charge is 0.195 e. The standard InChI is InChI=1S/C13H7F3O2/c14-10-3-2-9(12(15)13(10)16)7-1-4-11(18)8(5-7)6-17/h1-6,18H. The van der Waals surface area contributed by atoms with Crippen LogP contribution in [0.5, 0.6) is 5.75 Å². The fourth-order valence-corrected chi connectivity index (χ4v) is 1.57. The number of carbonyl (C=O) groups excluding carboxylic acids is 1. The third kappa shape index (κ3) is 1.95. The molecule has 2 rings (SSSR count). The summed E-state index contributed by atoms with van der Waals surface area (Å²) in [5.74, 6) is -4.46. The number of phenols is 1. The van der Waals surface area contributed by atoms with Crippen molar-refractivity contribution >= 4 is 6.29 Å². The van der Waals surface area contributed by atoms with Gasteiger partial charge in [-0.15, -0.1) is 0 Å². The summed E-state index contributed by atoms with van der Waals surface area (Å²) in [6.45, 7) is 0. The molecular formula is C13H7F3O2. The fourth-order valence-electron chi connectivity index (χ4n) is 1.57. The lowest BCUT2D eigenvalue weighted by molar-refractivity contribution is 0.112. The van der Waals surface area contributed by atoms with E-state index in [1.807, 2.05) is 0 Å². The molecule has 0 heterocycles. The molecule has 18 heavy (non-hydrogen) atoms. The molecule has 0 fully saturated rings. The van der Waals surface area contributed by atoms with E-state index in [0.29, 0.717) is 6.29 Å². The highest BCUT2D eigenvalue weighted by atomic mass is 19.2. The Morgan fingerprint density at radius 1 is 1.00 bits per heavy atom. The summed E-state index contributed by atoms with van der Waals surface area (Å²) in [6.07, 6.45) is 0.386. The topological polar surface area (TPSA) is 37.3 Å². The van der Waals surface area contributed by atoms with E-state index < -0.39 is 17.5 Å². The Morgan fingerprint density at radius 2 is 1.72 bits per heavy atom. The van der Waals surface area contributed by atoms with Crippen LogP contribution in [0.25, 0.3) is 11.1 Å². The molecule has 92 valence electrons. The lowest BCUT2D eigenvalue weighted by Gasteiger charge is -2.06. The SMILES string of the molecule is O=Cc1cc(-c2ccc(F)c(F)c2F)ccc1O. The van der Waals surface area contributed by atoms with Crippen LogP contribution in [0, 0.1) is 17.5 Å². The van der Waals surface area contributed by atoms with Crippen molar-refractivity contribution in [3.8, 4) is 16.9 Å². The van der Waals surface area contributed by atoms with Gasteiger partial charge in [-0.25, -0.2) is 13.2 Å². The molecule has 0 aliphatic carbocycles. The number of carbonyl (C=O) groups is 1. The van der Waals surface area contributed by atoms with Crippen LogP contribution in [0.2, 0.25) is 0 Å². The Kier molecular flexibility index (Phi) is 3.06. The second kappa shape index (κ2) is 4.52. The van der Waals surface area contributed by atoms with E-state index in [-0.39, 0.29) is 22.4 Å². The fraction of sp³-hybridized carbons (Fsp3) is 0. The van der Waals surface area contributed by atoms with Crippen molar-refractivity contribution in [1.29, 1.82) is 0 Å². The summed E-state index contributed by atoms with van der Waals surface area (Å²) in [7, 11) is 0. The molecule has 0 aliphatic heterocycles. The van der Waals surface area contributed by atoms with Gasteiger partial charge in [0, 0.05) is 5.56 Å². The van der Waals surface area contributed by atoms with Gasteiger partial charge in [0.05, 0.1) is 5.56 Å². The van der Waals surface area contributed by atoms with E-state index in [1.54, 1.807) is 0 Å². The van der Waals surface area contributed by atoms with Crippen molar-refractivity contribution in [2.75, 3.05) is 0 Å². The molecule has 0 amide bonds. The van der Waals surface area contributed by atoms with Crippen LogP contribution in [-0.4, -0.2) is 11.4 Å². The zero-order valence-corrected chi connectivity index (χ0v) is 8.95. The summed E-state index contributed by atoms with van der Waals surface area (Å²) in [5.41, 5.74) is -0.0695. The second-order valence-corrected chi connectivity index (χ2v) is 3.61. The number of aldehydes is 1. The number of hydrogen-bond acceptors (Lipinski definition) is 2. The molecule has 0 saturated heterocycles. The third-order valence-electron chi connectivity index (χ3n) is 2.50. The Morgan fingerprint density at radius 3 is 2.39 bits per heavy atom. The number of phenolic OH excluding ortho intramolecular Hbond substituents is 1. The van der Waals surface area contributed by atoms with Gasteiger partial charge >= 0.3 is 0 Å². The molecule has 0 aromatic heterocycles. The average molecular weight is 252 g/mol. The molecule has 0 saturated carbocycles. The molecular weight excluding hydrogens is 245 g/mol. The van der Waals surface area contributed by atoms with E-state index in [0.717, 1.165) is 12.1 Å². The molecule has 1 N–H and O–H groups in total. The second-order valence-electron chi connectivity index (χ2n) is 3.61. The Hall–Kier alpha value is -2.30. The molecule has 0 aliphatic rings. The minimum atomic E-state index is -1.58. The Balaban J connectivity index is 2.62. The van der Waals surface area contributed by atoms with Crippen molar-refractivity contribution in [2.45, 2.75) is 0 Å². The van der Waals surface area contributed by atoms with Gasteiger partial charge in [-0.3, -0.25) is 4.79 Å². The van der Waals surface area contributed by atoms with Crippen LogP contribution < -0.4 is 0 Å². The van der Waals surface area contributed by atoms with Crippen molar-refractivity contribution < 1.29 is 23.1 Å². The van der Waals surface area contributed by atoms with E-state index >= 15 is 0 Å². The third-order valence-corrected chi connectivity index (χ3v) is 2.50. The van der Waals surface area contributed by atoms with E-state index in [1.165, 1.54) is 18.2 Å². The molecule has 5 heteroatoms. The van der Waals surface area contributed by atoms with Crippen LogP contribution in [0.1, 0.15) is 10.4 Å². The lowest BCUT2D eigenvalue weighted by atomic mass is 10.0. The average Bonchev–Trinajstić information content (AvgIpc) is 2.37. The molecule has 2 aromatic carbocycles. The quantitative estimate of drug-likeness (QED) is 0.657. The minimum Gasteiger partial charge on any atom is -0.507 e. The van der Waals surface area contributed by atoms with Crippen molar-refractivity contribution in [2.24, 2.45) is 0 Å². The van der Waals surface area contributed by atoms with Crippen LogP contribution in [-0.2, 0) is 0 Å². The van der Waals surface area contributed by atoms with Gasteiger partial charge in [0.1, 0.15) is 5.75 Å². The summed E-state index contributed by atoms with van der Waals surface area (Å²) >= 11 is 0. The molecule has 0 unspecified atom stereocenters. The Labute approximate surface area is 100 Å². The Bertz CT molecular complexity index is 624. The molecule has 0 spiro atoms. The summed E-state index contributed by atoms with van der Waals surface area (Å²) in [6, 6.07) is 5.53. The van der Waals surface area contributed by atoms with Gasteiger partial charge in [-0.1, -0.05) is 6.07 Å². The van der Waals surface area contributed by atoms with Gasteiger partial charge in [-0.2, -0.15) is 0 Å². The van der Waals surface area contributed by atoms with Gasteiger partial charge < -0.3 is 5.11 Å². The van der Waals surface area contributed by atoms with Gasteiger partial charge in [0.2, 0.25) is 0 Å². The molecule has 0 bridgehead atoms. The maximum Gasteiger partial charge on any atom is 0.195 e. The molecule has 0 radical (unpaired) electrons. The predicted octanol–water partition coefficient (Wildman–Crippen LogP) is 3.29. The van der Waals surface area contributed by atoms with Crippen molar-refractivity contribution in [3.05, 3.63) is 53.3 Å². The highest BCUT2D eigenvalue weighted by Gasteiger charge is 2.15. The number of halogens is 3. The monoisotopic (exact) mass is 252 g/mol. The van der Waals surface area contributed by atoms with E-state index in [4.69, 9.17) is 0 Å². The molecule has 2 nitrogen and oxygen atoms in total. The van der Waals surface area contributed by atoms with Gasteiger partial charge in [-0.05, 0) is 29.8 Å². The predicted molar refractivity (Wildman–Crippen MR) is 58.8 cm³/mol. The summed E-state index contributed by atoms with van der Waals surface area (Å²) < 4.78 is 39.4. The first-order valence-electron chi connectivity index (χ1n) is 4.96. The van der Waals surface area contributed by atoms with E-state index in [9.17, 15) is 23.1 Å². The number of benzene rings is 2. The van der Waals surface area contributed by atoms with Gasteiger partial charge in [0.15, 0.2) is 23.7 Å². The number of aromatic hydroxyl groups is 1. The number of hydrogen-bond donors (Lipinski definition) is 1. The van der Waals surface area contributed by atoms with Crippen LogP contribution in [0.15, 0.2) is 30.3 Å². The maximum atomic E-state index is 13.5. The van der Waals surface area contributed by atoms with Crippen molar-refractivity contribution in [1.82, 2.24) is 0 Å². The number of rotatable bonds is 2. The van der Waals surface area contributed by atoms with Crippen LogP contribution in [0.3, 0.4) is 0 Å². The zero-order valence-electron chi connectivity index (χ0n) is 8.95. The van der Waals surface area contributed by atoms with Gasteiger partial charge in [0.25, 0.3) is 0 Å². The first kappa shape index (κ1) is 12.2. The lowest BCUT2D eigenvalue weighted by Crippen LogP contribution is -1.94. The summed E-state index contributed by atoms with van der Waals surface area (Å²) in [4.78, 5) is 10.6. The molecule has 0 atom stereocenters. The first-order valence-corrected chi connectivity index (χ1v) is 4.96. The first-order chi connectivity index (χ1) is 8.54. The highest BCUT2D eigenvalue weighted by molar-refractivity contribution is 5.82. The highest BCUT2D eigenvalue weighted by Crippen LogP contribution is 2.28. The maximum absolute atomic E-state index is 13.5. The van der Waals surface area contributed by atoms with E-state index in [2.05, 4.69) is 0 Å². The normalized spacial score (nSPS) is 10.4. The van der Waals surface area contributed by atoms with Crippen LogP contribution in [0.4, 0.5) is 13.2 Å². The summed E-state index contributed by atoms with van der Waals surface area (Å²) in [5, 5.41) is 9.29. The van der Waals surface area contributed by atoms with Crippen molar-refractivity contribution in [3.63, 3.8) is 0 Å². The van der Waals surface area contributed by atoms with Crippen LogP contribution >= 0.6 is 0 Å². The zero-order chi connectivity index (χ0) is 13.3. The molecule has 2 aromatic rings. The largest absolute Gasteiger partial charge is 0.507 e. The minimum absolute atomic E-state index is 0.0587.